The zero-order chi connectivity index (χ0) is 20.3. The summed E-state index contributed by atoms with van der Waals surface area (Å²) in [6.07, 6.45) is 4.99. The van der Waals surface area contributed by atoms with E-state index in [1.165, 1.54) is 5.56 Å². The second kappa shape index (κ2) is 8.13. The average molecular weight is 380 g/mol. The van der Waals surface area contributed by atoms with Crippen LogP contribution in [0, 0.1) is 11.3 Å². The van der Waals surface area contributed by atoms with Crippen LogP contribution in [0.15, 0.2) is 42.6 Å². The largest absolute Gasteiger partial charge is 0.478 e. The van der Waals surface area contributed by atoms with E-state index in [0.717, 1.165) is 43.6 Å². The van der Waals surface area contributed by atoms with Crippen LogP contribution in [0.1, 0.15) is 49.5 Å². The first kappa shape index (κ1) is 20.1. The van der Waals surface area contributed by atoms with Crippen LogP contribution < -0.4 is 0 Å². The molecule has 1 atom stereocenters. The van der Waals surface area contributed by atoms with Gasteiger partial charge in [0.1, 0.15) is 0 Å². The molecule has 5 heteroatoms. The number of amides is 1. The molecule has 1 aliphatic heterocycles. The molecule has 0 spiro atoms. The monoisotopic (exact) mass is 380 g/mol. The molecule has 5 nitrogen and oxygen atoms in total. The van der Waals surface area contributed by atoms with Crippen molar-refractivity contribution in [2.24, 2.45) is 11.3 Å². The summed E-state index contributed by atoms with van der Waals surface area (Å²) in [6, 6.07) is 10.8. The van der Waals surface area contributed by atoms with Crippen molar-refractivity contribution in [1.29, 1.82) is 0 Å². The van der Waals surface area contributed by atoms with Gasteiger partial charge in [0.05, 0.1) is 11.3 Å². The van der Waals surface area contributed by atoms with Crippen LogP contribution in [0.25, 0.3) is 11.3 Å². The highest BCUT2D eigenvalue weighted by Crippen LogP contribution is 2.26. The van der Waals surface area contributed by atoms with Gasteiger partial charge in [-0.25, -0.2) is 4.79 Å². The predicted molar refractivity (Wildman–Crippen MR) is 109 cm³/mol. The van der Waals surface area contributed by atoms with Crippen molar-refractivity contribution < 1.29 is 14.7 Å². The van der Waals surface area contributed by atoms with Gasteiger partial charge in [-0.1, -0.05) is 39.0 Å². The number of carbonyl (C=O) groups excluding carboxylic acids is 1. The Labute approximate surface area is 166 Å². The van der Waals surface area contributed by atoms with E-state index < -0.39 is 5.97 Å². The number of aromatic carboxylic acids is 1. The first-order valence-electron chi connectivity index (χ1n) is 9.82. The summed E-state index contributed by atoms with van der Waals surface area (Å²) in [5.74, 6) is -0.237. The summed E-state index contributed by atoms with van der Waals surface area (Å²) in [7, 11) is 0. The van der Waals surface area contributed by atoms with Gasteiger partial charge in [0.2, 0.25) is 5.91 Å². The molecule has 148 valence electrons. The molecule has 0 bridgehead atoms. The average Bonchev–Trinajstić information content (AvgIpc) is 2.67. The molecule has 0 aliphatic carbocycles. The van der Waals surface area contributed by atoms with Crippen molar-refractivity contribution in [3.63, 3.8) is 0 Å². The van der Waals surface area contributed by atoms with Gasteiger partial charge in [-0.15, -0.1) is 0 Å². The second-order valence-corrected chi connectivity index (χ2v) is 8.65. The fraction of sp³-hybridized carbons (Fsp3) is 0.435. The van der Waals surface area contributed by atoms with Crippen LogP contribution in [-0.2, 0) is 11.2 Å². The van der Waals surface area contributed by atoms with E-state index in [4.69, 9.17) is 5.11 Å². The molecule has 1 N–H and O–H groups in total. The smallest absolute Gasteiger partial charge is 0.335 e. The minimum atomic E-state index is -0.929. The normalized spacial score (nSPS) is 17.4. The number of nitrogens with zero attached hydrogens (tertiary/aromatic N) is 2. The number of hydrogen-bond acceptors (Lipinski definition) is 3. The summed E-state index contributed by atoms with van der Waals surface area (Å²) in [4.78, 5) is 30.1. The lowest BCUT2D eigenvalue weighted by atomic mass is 9.88. The molecule has 1 fully saturated rings. The Balaban J connectivity index is 1.64. The highest BCUT2D eigenvalue weighted by atomic mass is 16.4. The molecule has 0 saturated carbocycles. The molecule has 28 heavy (non-hydrogen) atoms. The van der Waals surface area contributed by atoms with Crippen LogP contribution in [0.2, 0.25) is 0 Å². The van der Waals surface area contributed by atoms with Crippen molar-refractivity contribution in [3.05, 3.63) is 53.7 Å². The number of likely N-dealkylation sites (tertiary alicyclic amines) is 1. The number of rotatable bonds is 4. The van der Waals surface area contributed by atoms with Gasteiger partial charge in [-0.05, 0) is 48.9 Å². The van der Waals surface area contributed by atoms with Crippen molar-refractivity contribution in [3.8, 4) is 11.3 Å². The molecule has 0 unspecified atom stereocenters. The SMILES string of the molecule is CC(C)(C)C(=O)N1CCC[C@@H](Cc2ccc(-c3ccc(C(=O)O)cc3)nc2)C1. The molecule has 2 heterocycles. The molecule has 1 aromatic heterocycles. The highest BCUT2D eigenvalue weighted by molar-refractivity contribution is 5.88. The van der Waals surface area contributed by atoms with Gasteiger partial charge in [0, 0.05) is 30.3 Å². The fourth-order valence-corrected chi connectivity index (χ4v) is 3.72. The minimum Gasteiger partial charge on any atom is -0.478 e. The fourth-order valence-electron chi connectivity index (χ4n) is 3.72. The van der Waals surface area contributed by atoms with E-state index in [1.54, 1.807) is 24.3 Å². The molecule has 1 saturated heterocycles. The maximum atomic E-state index is 12.6. The number of aromatic nitrogens is 1. The van der Waals surface area contributed by atoms with E-state index in [0.29, 0.717) is 5.92 Å². The number of carboxylic acids is 1. The van der Waals surface area contributed by atoms with Crippen molar-refractivity contribution in [2.45, 2.75) is 40.0 Å². The number of pyridine rings is 1. The van der Waals surface area contributed by atoms with Crippen molar-refractivity contribution in [1.82, 2.24) is 9.88 Å². The zero-order valence-corrected chi connectivity index (χ0v) is 16.8. The number of carboxylic acid groups (broad SMARTS) is 1. The van der Waals surface area contributed by atoms with Gasteiger partial charge in [-0.3, -0.25) is 9.78 Å². The molecule has 1 aromatic carbocycles. The van der Waals surface area contributed by atoms with E-state index in [9.17, 15) is 9.59 Å². The third-order valence-electron chi connectivity index (χ3n) is 5.22. The summed E-state index contributed by atoms with van der Waals surface area (Å²) in [5, 5.41) is 9.00. The lowest BCUT2D eigenvalue weighted by molar-refractivity contribution is -0.141. The molecule has 1 aliphatic rings. The Kier molecular flexibility index (Phi) is 5.82. The number of hydrogen-bond donors (Lipinski definition) is 1. The maximum Gasteiger partial charge on any atom is 0.335 e. The molecule has 3 rings (SSSR count). The lowest BCUT2D eigenvalue weighted by Gasteiger charge is -2.36. The Bertz CT molecular complexity index is 836. The van der Waals surface area contributed by atoms with Crippen molar-refractivity contribution >= 4 is 11.9 Å². The number of benzene rings is 1. The summed E-state index contributed by atoms with van der Waals surface area (Å²) in [6.45, 7) is 7.60. The molecular weight excluding hydrogens is 352 g/mol. The van der Waals surface area contributed by atoms with Crippen LogP contribution >= 0.6 is 0 Å². The molecule has 2 aromatic rings. The van der Waals surface area contributed by atoms with Gasteiger partial charge in [0.25, 0.3) is 0 Å². The third kappa shape index (κ3) is 4.77. The van der Waals surface area contributed by atoms with Gasteiger partial charge in [0.15, 0.2) is 0 Å². The Morgan fingerprint density at radius 1 is 1.14 bits per heavy atom. The van der Waals surface area contributed by atoms with Crippen LogP contribution in [0.5, 0.6) is 0 Å². The van der Waals surface area contributed by atoms with E-state index in [2.05, 4.69) is 11.1 Å². The zero-order valence-electron chi connectivity index (χ0n) is 16.8. The van der Waals surface area contributed by atoms with E-state index in [-0.39, 0.29) is 16.9 Å². The van der Waals surface area contributed by atoms with Crippen LogP contribution in [0.4, 0.5) is 0 Å². The maximum absolute atomic E-state index is 12.6. The Hall–Kier alpha value is -2.69. The van der Waals surface area contributed by atoms with Gasteiger partial charge in [-0.2, -0.15) is 0 Å². The third-order valence-corrected chi connectivity index (χ3v) is 5.22. The van der Waals surface area contributed by atoms with E-state index in [1.807, 2.05) is 37.9 Å². The second-order valence-electron chi connectivity index (χ2n) is 8.65. The van der Waals surface area contributed by atoms with Crippen LogP contribution in [0.3, 0.4) is 0 Å². The van der Waals surface area contributed by atoms with Gasteiger partial charge < -0.3 is 10.0 Å². The minimum absolute atomic E-state index is 0.232. The summed E-state index contributed by atoms with van der Waals surface area (Å²) >= 11 is 0. The topological polar surface area (TPSA) is 70.5 Å². The molecule has 1 amide bonds. The first-order chi connectivity index (χ1) is 13.2. The molecular formula is C23H28N2O3. The lowest BCUT2D eigenvalue weighted by Crippen LogP contribution is -2.45. The van der Waals surface area contributed by atoms with E-state index >= 15 is 0 Å². The quantitative estimate of drug-likeness (QED) is 0.860. The number of piperidine rings is 1. The summed E-state index contributed by atoms with van der Waals surface area (Å²) in [5.41, 5.74) is 2.83. The Morgan fingerprint density at radius 3 is 2.43 bits per heavy atom. The summed E-state index contributed by atoms with van der Waals surface area (Å²) < 4.78 is 0. The predicted octanol–water partition coefficient (Wildman–Crippen LogP) is 4.27. The first-order valence-corrected chi connectivity index (χ1v) is 9.82. The Morgan fingerprint density at radius 2 is 1.86 bits per heavy atom. The van der Waals surface area contributed by atoms with Crippen LogP contribution in [-0.4, -0.2) is 40.0 Å². The van der Waals surface area contributed by atoms with Crippen molar-refractivity contribution in [2.75, 3.05) is 13.1 Å². The standard InChI is InChI=1S/C23H28N2O3/c1-23(2,3)22(28)25-12-4-5-17(15-25)13-16-6-11-20(24-14-16)18-7-9-19(10-8-18)21(26)27/h6-11,14,17H,4-5,12-13,15H2,1-3H3,(H,26,27)/t17-/m0/s1. The number of carbonyl (C=O) groups is 2. The highest BCUT2D eigenvalue weighted by Gasteiger charge is 2.30. The molecule has 0 radical (unpaired) electrons. The van der Waals surface area contributed by atoms with Gasteiger partial charge >= 0.3 is 5.97 Å².